The van der Waals surface area contributed by atoms with Crippen LogP contribution in [-0.4, -0.2) is 17.4 Å². The summed E-state index contributed by atoms with van der Waals surface area (Å²) in [6.45, 7) is 0.378. The number of aryl methyl sites for hydroxylation is 1. The summed E-state index contributed by atoms with van der Waals surface area (Å²) in [5, 5.41) is 3.18. The van der Waals surface area contributed by atoms with Gasteiger partial charge in [-0.2, -0.15) is 0 Å². The van der Waals surface area contributed by atoms with Crippen LogP contribution in [0, 0.1) is 5.82 Å². The van der Waals surface area contributed by atoms with Crippen molar-refractivity contribution in [3.63, 3.8) is 0 Å². The van der Waals surface area contributed by atoms with Crippen molar-refractivity contribution in [3.8, 4) is 0 Å². The van der Waals surface area contributed by atoms with Crippen molar-refractivity contribution in [1.82, 2.24) is 10.3 Å². The third kappa shape index (κ3) is 5.11. The zero-order valence-electron chi connectivity index (χ0n) is 12.2. The van der Waals surface area contributed by atoms with E-state index in [4.69, 9.17) is 11.6 Å². The van der Waals surface area contributed by atoms with Gasteiger partial charge in [-0.1, -0.05) is 23.7 Å². The predicted molar refractivity (Wildman–Crippen MR) is 85.3 cm³/mol. The smallest absolute Gasteiger partial charge is 0.220 e. The molecule has 2 aromatic rings. The lowest BCUT2D eigenvalue weighted by Gasteiger charge is -2.07. The summed E-state index contributed by atoms with van der Waals surface area (Å²) in [6.07, 6.45) is 4.07. The summed E-state index contributed by atoms with van der Waals surface area (Å²) in [5.74, 6) is -0.375. The molecule has 0 atom stereocenters. The molecule has 5 heteroatoms. The molecule has 0 saturated heterocycles. The molecule has 0 aliphatic rings. The zero-order valence-corrected chi connectivity index (χ0v) is 12.9. The molecule has 1 aromatic heterocycles. The Balaban J connectivity index is 1.68. The second-order valence-electron chi connectivity index (χ2n) is 4.97. The van der Waals surface area contributed by atoms with E-state index in [1.807, 2.05) is 18.2 Å². The van der Waals surface area contributed by atoms with Gasteiger partial charge in [0.05, 0.1) is 0 Å². The van der Waals surface area contributed by atoms with Gasteiger partial charge in [-0.15, -0.1) is 0 Å². The molecular weight excluding hydrogens is 303 g/mol. The van der Waals surface area contributed by atoms with Gasteiger partial charge in [-0.25, -0.2) is 4.39 Å². The van der Waals surface area contributed by atoms with E-state index in [0.29, 0.717) is 30.0 Å². The van der Waals surface area contributed by atoms with Crippen molar-refractivity contribution in [3.05, 3.63) is 64.7 Å². The summed E-state index contributed by atoms with van der Waals surface area (Å²) in [6, 6.07) is 10.3. The normalized spacial score (nSPS) is 10.5. The highest BCUT2D eigenvalue weighted by molar-refractivity contribution is 6.31. The molecule has 1 heterocycles. The average molecular weight is 321 g/mol. The highest BCUT2D eigenvalue weighted by Gasteiger charge is 2.07. The Morgan fingerprint density at radius 2 is 2.05 bits per heavy atom. The molecule has 0 unspecified atom stereocenters. The first-order valence-electron chi connectivity index (χ1n) is 7.26. The van der Waals surface area contributed by atoms with E-state index in [0.717, 1.165) is 18.5 Å². The molecule has 22 heavy (non-hydrogen) atoms. The van der Waals surface area contributed by atoms with E-state index in [1.54, 1.807) is 18.3 Å². The van der Waals surface area contributed by atoms with E-state index in [1.165, 1.54) is 6.07 Å². The van der Waals surface area contributed by atoms with Crippen molar-refractivity contribution >= 4 is 17.5 Å². The lowest BCUT2D eigenvalue weighted by atomic mass is 10.1. The molecule has 1 N–H and O–H groups in total. The summed E-state index contributed by atoms with van der Waals surface area (Å²) in [5.41, 5.74) is 1.42. The molecule has 0 fully saturated rings. The van der Waals surface area contributed by atoms with Crippen LogP contribution in [0.5, 0.6) is 0 Å². The minimum Gasteiger partial charge on any atom is -0.356 e. The number of nitrogens with zero attached hydrogens (tertiary/aromatic N) is 1. The summed E-state index contributed by atoms with van der Waals surface area (Å²) >= 11 is 5.94. The first kappa shape index (κ1) is 16.4. The van der Waals surface area contributed by atoms with Gasteiger partial charge >= 0.3 is 0 Å². The van der Waals surface area contributed by atoms with Crippen molar-refractivity contribution < 1.29 is 9.18 Å². The fourth-order valence-electron chi connectivity index (χ4n) is 2.16. The monoisotopic (exact) mass is 320 g/mol. The number of hydrogen-bond acceptors (Lipinski definition) is 2. The minimum atomic E-state index is -0.336. The van der Waals surface area contributed by atoms with Crippen molar-refractivity contribution in [2.24, 2.45) is 0 Å². The van der Waals surface area contributed by atoms with Crippen LogP contribution in [-0.2, 0) is 17.6 Å². The Morgan fingerprint density at radius 1 is 1.18 bits per heavy atom. The van der Waals surface area contributed by atoms with Crippen molar-refractivity contribution in [1.29, 1.82) is 0 Å². The molecule has 0 aliphatic heterocycles. The van der Waals surface area contributed by atoms with Crippen LogP contribution in [0.4, 0.5) is 4.39 Å². The molecule has 0 bridgehead atoms. The number of nitrogens with one attached hydrogen (secondary N) is 1. The zero-order chi connectivity index (χ0) is 15.8. The maximum Gasteiger partial charge on any atom is 0.220 e. The largest absolute Gasteiger partial charge is 0.356 e. The van der Waals surface area contributed by atoms with Gasteiger partial charge < -0.3 is 5.32 Å². The highest BCUT2D eigenvalue weighted by atomic mass is 35.5. The van der Waals surface area contributed by atoms with Crippen LogP contribution in [0.3, 0.4) is 0 Å². The molecule has 0 spiro atoms. The first-order valence-corrected chi connectivity index (χ1v) is 7.64. The van der Waals surface area contributed by atoms with E-state index in [-0.39, 0.29) is 11.7 Å². The number of rotatable bonds is 7. The van der Waals surface area contributed by atoms with Gasteiger partial charge in [-0.3, -0.25) is 9.78 Å². The average Bonchev–Trinajstić information content (AvgIpc) is 2.51. The predicted octanol–water partition coefficient (Wildman–Crippen LogP) is 3.56. The molecule has 3 nitrogen and oxygen atoms in total. The van der Waals surface area contributed by atoms with Gasteiger partial charge in [0.2, 0.25) is 5.91 Å². The molecular formula is C17H18ClFN2O. The molecule has 1 aromatic carbocycles. The number of carbonyl (C=O) groups is 1. The number of carbonyl (C=O) groups excluding carboxylic acids is 1. The van der Waals surface area contributed by atoms with E-state index in [2.05, 4.69) is 10.3 Å². The van der Waals surface area contributed by atoms with Crippen LogP contribution in [0.2, 0.25) is 5.02 Å². The van der Waals surface area contributed by atoms with Crippen LogP contribution >= 0.6 is 11.6 Å². The number of aromatic nitrogens is 1. The lowest BCUT2D eigenvalue weighted by molar-refractivity contribution is -0.121. The molecule has 0 saturated carbocycles. The van der Waals surface area contributed by atoms with Crippen molar-refractivity contribution in [2.75, 3.05) is 6.54 Å². The van der Waals surface area contributed by atoms with Crippen LogP contribution in [0.25, 0.3) is 0 Å². The number of pyridine rings is 1. The van der Waals surface area contributed by atoms with E-state index < -0.39 is 0 Å². The first-order chi connectivity index (χ1) is 10.7. The standard InChI is InChI=1S/C17H18ClFN2O/c18-15-7-4-8-16(19)14(15)10-12-21-17(22)9-3-6-13-5-1-2-11-20-13/h1-2,4-5,7-8,11H,3,6,9-10,12H2,(H,21,22). The molecule has 1 amide bonds. The maximum atomic E-state index is 13.6. The second kappa shape index (κ2) is 8.49. The third-order valence-electron chi connectivity index (χ3n) is 3.32. The van der Waals surface area contributed by atoms with Gasteiger partial charge in [0.25, 0.3) is 0 Å². The van der Waals surface area contributed by atoms with E-state index >= 15 is 0 Å². The lowest BCUT2D eigenvalue weighted by Crippen LogP contribution is -2.25. The number of halogens is 2. The number of amides is 1. The van der Waals surface area contributed by atoms with Gasteiger partial charge in [0, 0.05) is 35.4 Å². The van der Waals surface area contributed by atoms with Gasteiger partial charge in [0.15, 0.2) is 0 Å². The van der Waals surface area contributed by atoms with Crippen LogP contribution in [0.15, 0.2) is 42.6 Å². The Kier molecular flexibility index (Phi) is 6.34. The van der Waals surface area contributed by atoms with E-state index in [9.17, 15) is 9.18 Å². The van der Waals surface area contributed by atoms with Gasteiger partial charge in [0.1, 0.15) is 5.82 Å². The Labute approximate surface area is 134 Å². The number of benzene rings is 1. The fraction of sp³-hybridized carbons (Fsp3) is 0.294. The molecule has 116 valence electrons. The highest BCUT2D eigenvalue weighted by Crippen LogP contribution is 2.18. The Bertz CT molecular complexity index is 599. The van der Waals surface area contributed by atoms with Crippen molar-refractivity contribution in [2.45, 2.75) is 25.7 Å². The van der Waals surface area contributed by atoms with Crippen LogP contribution in [0.1, 0.15) is 24.1 Å². The van der Waals surface area contributed by atoms with Gasteiger partial charge in [-0.05, 0) is 43.5 Å². The molecule has 0 radical (unpaired) electrons. The molecule has 0 aliphatic carbocycles. The summed E-state index contributed by atoms with van der Waals surface area (Å²) < 4.78 is 13.6. The van der Waals surface area contributed by atoms with Crippen LogP contribution < -0.4 is 5.32 Å². The maximum absolute atomic E-state index is 13.6. The Hall–Kier alpha value is -1.94. The number of hydrogen-bond donors (Lipinski definition) is 1. The minimum absolute atomic E-state index is 0.0385. The fourth-order valence-corrected chi connectivity index (χ4v) is 2.42. The summed E-state index contributed by atoms with van der Waals surface area (Å²) in [4.78, 5) is 15.9. The summed E-state index contributed by atoms with van der Waals surface area (Å²) in [7, 11) is 0. The quantitative estimate of drug-likeness (QED) is 0.847. The third-order valence-corrected chi connectivity index (χ3v) is 3.68. The Morgan fingerprint density at radius 3 is 2.77 bits per heavy atom. The SMILES string of the molecule is O=C(CCCc1ccccn1)NCCc1c(F)cccc1Cl. The second-order valence-corrected chi connectivity index (χ2v) is 5.38. The topological polar surface area (TPSA) is 42.0 Å². The molecule has 2 rings (SSSR count).